The van der Waals surface area contributed by atoms with Crippen molar-refractivity contribution in [3.05, 3.63) is 11.9 Å². The summed E-state index contributed by atoms with van der Waals surface area (Å²) < 4.78 is 1.92. The SMILES string of the molecule is O=C(C1NCC12CCCC2)N1CCCn2nncc2C1. The van der Waals surface area contributed by atoms with Gasteiger partial charge in [0.15, 0.2) is 0 Å². The third-order valence-electron chi connectivity index (χ3n) is 5.28. The van der Waals surface area contributed by atoms with Gasteiger partial charge in [0.2, 0.25) is 5.91 Å². The molecule has 6 heteroatoms. The van der Waals surface area contributed by atoms with Gasteiger partial charge in [0.25, 0.3) is 0 Å². The average Bonchev–Trinajstić information content (AvgIpc) is 3.04. The Bertz CT molecular complexity index is 519. The van der Waals surface area contributed by atoms with Crippen molar-refractivity contribution in [2.75, 3.05) is 13.1 Å². The molecule has 4 rings (SSSR count). The topological polar surface area (TPSA) is 63.1 Å². The van der Waals surface area contributed by atoms with Crippen molar-refractivity contribution in [3.8, 4) is 0 Å². The number of hydrogen-bond donors (Lipinski definition) is 1. The molecule has 2 aliphatic heterocycles. The molecule has 1 unspecified atom stereocenters. The van der Waals surface area contributed by atoms with E-state index in [9.17, 15) is 4.79 Å². The van der Waals surface area contributed by atoms with Crippen LogP contribution in [-0.4, -0.2) is 44.9 Å². The lowest BCUT2D eigenvalue weighted by molar-refractivity contribution is -0.142. The first kappa shape index (κ1) is 12.3. The first-order chi connectivity index (χ1) is 9.78. The lowest BCUT2D eigenvalue weighted by atomic mass is 9.71. The van der Waals surface area contributed by atoms with Crippen LogP contribution in [0.25, 0.3) is 0 Å². The second-order valence-electron chi connectivity index (χ2n) is 6.45. The molecule has 1 amide bonds. The van der Waals surface area contributed by atoms with E-state index < -0.39 is 0 Å². The van der Waals surface area contributed by atoms with E-state index in [1.54, 1.807) is 6.20 Å². The van der Waals surface area contributed by atoms with Crippen LogP contribution in [0.5, 0.6) is 0 Å². The van der Waals surface area contributed by atoms with E-state index >= 15 is 0 Å². The first-order valence-electron chi connectivity index (χ1n) is 7.68. The predicted molar refractivity (Wildman–Crippen MR) is 72.7 cm³/mol. The van der Waals surface area contributed by atoms with Crippen LogP contribution in [0.4, 0.5) is 0 Å². The second-order valence-corrected chi connectivity index (χ2v) is 6.45. The highest BCUT2D eigenvalue weighted by Crippen LogP contribution is 2.46. The average molecular weight is 275 g/mol. The summed E-state index contributed by atoms with van der Waals surface area (Å²) >= 11 is 0. The monoisotopic (exact) mass is 275 g/mol. The smallest absolute Gasteiger partial charge is 0.240 e. The van der Waals surface area contributed by atoms with Crippen molar-refractivity contribution in [1.29, 1.82) is 0 Å². The number of carbonyl (C=O) groups is 1. The maximum absolute atomic E-state index is 12.8. The molecule has 1 aromatic rings. The molecule has 0 radical (unpaired) electrons. The van der Waals surface area contributed by atoms with Crippen LogP contribution < -0.4 is 5.32 Å². The molecule has 3 aliphatic rings. The second kappa shape index (κ2) is 4.55. The molecule has 1 N–H and O–H groups in total. The van der Waals surface area contributed by atoms with E-state index in [1.807, 2.05) is 9.58 Å². The molecule has 6 nitrogen and oxygen atoms in total. The third-order valence-corrected chi connectivity index (χ3v) is 5.28. The Kier molecular flexibility index (Phi) is 2.80. The van der Waals surface area contributed by atoms with Crippen molar-refractivity contribution >= 4 is 5.91 Å². The number of rotatable bonds is 1. The van der Waals surface area contributed by atoms with E-state index in [0.29, 0.717) is 6.54 Å². The van der Waals surface area contributed by atoms with Gasteiger partial charge in [-0.2, -0.15) is 0 Å². The standard InChI is InChI=1S/C14H21N5O/c20-13(12-14(10-15-12)4-1-2-5-14)18-6-3-7-19-11(9-18)8-16-17-19/h8,12,15H,1-7,9-10H2. The number of hydrogen-bond acceptors (Lipinski definition) is 4. The van der Waals surface area contributed by atoms with Crippen LogP contribution in [0.15, 0.2) is 6.20 Å². The molecule has 108 valence electrons. The number of aryl methyl sites for hydroxylation is 1. The molecule has 2 fully saturated rings. The minimum Gasteiger partial charge on any atom is -0.335 e. The number of carbonyl (C=O) groups excluding carboxylic acids is 1. The van der Waals surface area contributed by atoms with Gasteiger partial charge < -0.3 is 10.2 Å². The van der Waals surface area contributed by atoms with E-state index in [0.717, 1.165) is 31.7 Å². The zero-order valence-corrected chi connectivity index (χ0v) is 11.7. The molecule has 1 aromatic heterocycles. The summed E-state index contributed by atoms with van der Waals surface area (Å²) in [6.45, 7) is 3.37. The predicted octanol–water partition coefficient (Wildman–Crippen LogP) is 0.543. The van der Waals surface area contributed by atoms with Gasteiger partial charge in [0.1, 0.15) is 0 Å². The summed E-state index contributed by atoms with van der Waals surface area (Å²) in [5.41, 5.74) is 1.32. The number of aromatic nitrogens is 3. The zero-order chi connectivity index (χ0) is 13.6. The minimum atomic E-state index is 0.0485. The largest absolute Gasteiger partial charge is 0.335 e. The van der Waals surface area contributed by atoms with Gasteiger partial charge in [-0.15, -0.1) is 5.10 Å². The molecule has 1 saturated heterocycles. The van der Waals surface area contributed by atoms with Crippen molar-refractivity contribution in [1.82, 2.24) is 25.2 Å². The fourth-order valence-electron chi connectivity index (χ4n) is 4.03. The normalized spacial score (nSPS) is 28.0. The summed E-state index contributed by atoms with van der Waals surface area (Å²) in [6.07, 6.45) is 7.73. The van der Waals surface area contributed by atoms with Crippen LogP contribution in [-0.2, 0) is 17.9 Å². The minimum absolute atomic E-state index is 0.0485. The number of nitrogens with zero attached hydrogens (tertiary/aromatic N) is 4. The Labute approximate surface area is 118 Å². The van der Waals surface area contributed by atoms with Crippen molar-refractivity contribution in [3.63, 3.8) is 0 Å². The molecule has 1 aliphatic carbocycles. The summed E-state index contributed by atoms with van der Waals surface area (Å²) in [6, 6.07) is 0.0485. The van der Waals surface area contributed by atoms with E-state index in [-0.39, 0.29) is 17.4 Å². The highest BCUT2D eigenvalue weighted by molar-refractivity contribution is 5.84. The van der Waals surface area contributed by atoms with Crippen molar-refractivity contribution < 1.29 is 4.79 Å². The maximum atomic E-state index is 12.8. The summed E-state index contributed by atoms with van der Waals surface area (Å²) in [7, 11) is 0. The van der Waals surface area contributed by atoms with Crippen LogP contribution in [0, 0.1) is 5.41 Å². The number of nitrogens with one attached hydrogen (secondary N) is 1. The van der Waals surface area contributed by atoms with Gasteiger partial charge >= 0.3 is 0 Å². The molecule has 3 heterocycles. The molecule has 0 bridgehead atoms. The van der Waals surface area contributed by atoms with Gasteiger partial charge in [-0.25, -0.2) is 4.68 Å². The Morgan fingerprint density at radius 1 is 1.30 bits per heavy atom. The highest BCUT2D eigenvalue weighted by atomic mass is 16.2. The molecular formula is C14H21N5O. The van der Waals surface area contributed by atoms with Gasteiger partial charge in [-0.05, 0) is 19.3 Å². The van der Waals surface area contributed by atoms with E-state index in [2.05, 4.69) is 15.6 Å². The quantitative estimate of drug-likeness (QED) is 0.812. The van der Waals surface area contributed by atoms with E-state index in [1.165, 1.54) is 25.7 Å². The van der Waals surface area contributed by atoms with E-state index in [4.69, 9.17) is 0 Å². The fourth-order valence-corrected chi connectivity index (χ4v) is 4.03. The Morgan fingerprint density at radius 3 is 2.90 bits per heavy atom. The molecule has 20 heavy (non-hydrogen) atoms. The molecule has 1 saturated carbocycles. The van der Waals surface area contributed by atoms with Crippen LogP contribution in [0.1, 0.15) is 37.8 Å². The fraction of sp³-hybridized carbons (Fsp3) is 0.786. The van der Waals surface area contributed by atoms with Gasteiger partial charge in [-0.1, -0.05) is 18.1 Å². The number of amides is 1. The van der Waals surface area contributed by atoms with Gasteiger partial charge in [0.05, 0.1) is 24.5 Å². The summed E-state index contributed by atoms with van der Waals surface area (Å²) in [5, 5.41) is 11.4. The van der Waals surface area contributed by atoms with Crippen LogP contribution >= 0.6 is 0 Å². The molecule has 1 atom stereocenters. The zero-order valence-electron chi connectivity index (χ0n) is 11.7. The van der Waals surface area contributed by atoms with Crippen molar-refractivity contribution in [2.24, 2.45) is 5.41 Å². The third kappa shape index (κ3) is 1.78. The van der Waals surface area contributed by atoms with Gasteiger partial charge in [0, 0.05) is 25.0 Å². The van der Waals surface area contributed by atoms with Crippen LogP contribution in [0.3, 0.4) is 0 Å². The Balaban J connectivity index is 1.51. The lowest BCUT2D eigenvalue weighted by Crippen LogP contribution is -2.67. The first-order valence-corrected chi connectivity index (χ1v) is 7.68. The summed E-state index contributed by atoms with van der Waals surface area (Å²) in [4.78, 5) is 14.8. The van der Waals surface area contributed by atoms with Crippen LogP contribution in [0.2, 0.25) is 0 Å². The Hall–Kier alpha value is -1.43. The number of fused-ring (bicyclic) bond motifs is 1. The maximum Gasteiger partial charge on any atom is 0.240 e. The molecule has 0 aromatic carbocycles. The van der Waals surface area contributed by atoms with Gasteiger partial charge in [-0.3, -0.25) is 4.79 Å². The molecule has 1 spiro atoms. The Morgan fingerprint density at radius 2 is 2.15 bits per heavy atom. The lowest BCUT2D eigenvalue weighted by Gasteiger charge is -2.48. The molecular weight excluding hydrogens is 254 g/mol. The highest BCUT2D eigenvalue weighted by Gasteiger charge is 2.52. The van der Waals surface area contributed by atoms with Crippen molar-refractivity contribution in [2.45, 2.75) is 51.2 Å². The summed E-state index contributed by atoms with van der Waals surface area (Å²) in [5.74, 6) is 0.285.